The maximum Gasteiger partial charge on any atom is 0.344 e. The van der Waals surface area contributed by atoms with Gasteiger partial charge in [0.2, 0.25) is 0 Å². The number of ether oxygens (including phenoxy) is 2. The third-order valence-corrected chi connectivity index (χ3v) is 3.93. The molecule has 0 fully saturated rings. The van der Waals surface area contributed by atoms with Gasteiger partial charge in [-0.3, -0.25) is 0 Å². The number of aryl methyl sites for hydroxylation is 1. The summed E-state index contributed by atoms with van der Waals surface area (Å²) in [6.45, 7) is 5.05. The zero-order chi connectivity index (χ0) is 17.1. The summed E-state index contributed by atoms with van der Waals surface area (Å²) in [5, 5.41) is 4.69. The summed E-state index contributed by atoms with van der Waals surface area (Å²) < 4.78 is 25.6. The van der Waals surface area contributed by atoms with E-state index in [0.29, 0.717) is 16.4 Å². The second kappa shape index (κ2) is 7.19. The number of hydrogen-bond acceptors (Lipinski definition) is 4. The van der Waals surface area contributed by atoms with Crippen LogP contribution in [-0.2, 0) is 9.53 Å². The molecule has 5 nitrogen and oxygen atoms in total. The van der Waals surface area contributed by atoms with Crippen LogP contribution in [0.3, 0.4) is 0 Å². The van der Waals surface area contributed by atoms with Gasteiger partial charge in [-0.05, 0) is 26.8 Å². The topological polar surface area (TPSA) is 53.4 Å². The molecule has 0 N–H and O–H groups in total. The van der Waals surface area contributed by atoms with Crippen LogP contribution in [0.15, 0.2) is 12.1 Å². The average molecular weight is 361 g/mol. The van der Waals surface area contributed by atoms with Crippen LogP contribution < -0.4 is 4.74 Å². The van der Waals surface area contributed by atoms with Gasteiger partial charge < -0.3 is 9.47 Å². The van der Waals surface area contributed by atoms with Crippen LogP contribution in [0.25, 0.3) is 5.69 Å². The third kappa shape index (κ3) is 3.76. The molecule has 0 aliphatic heterocycles. The SMILES string of the molecule is CCOC(=O)COc1cc(-n2nc(C)c(Cl)c2C)c(F)cc1Cl. The molecular weight excluding hydrogens is 346 g/mol. The molecule has 0 spiro atoms. The average Bonchev–Trinajstić information content (AvgIpc) is 2.74. The number of nitrogens with zero attached hydrogens (tertiary/aromatic N) is 2. The highest BCUT2D eigenvalue weighted by atomic mass is 35.5. The first-order valence-corrected chi connectivity index (χ1v) is 7.60. The lowest BCUT2D eigenvalue weighted by Gasteiger charge is -2.12. The van der Waals surface area contributed by atoms with Crippen LogP contribution in [0, 0.1) is 19.7 Å². The molecular formula is C15H15Cl2FN2O3. The molecule has 0 atom stereocenters. The van der Waals surface area contributed by atoms with E-state index in [9.17, 15) is 9.18 Å². The number of esters is 1. The molecule has 2 rings (SSSR count). The first kappa shape index (κ1) is 17.6. The van der Waals surface area contributed by atoms with Gasteiger partial charge in [-0.1, -0.05) is 23.2 Å². The van der Waals surface area contributed by atoms with Crippen molar-refractivity contribution in [2.75, 3.05) is 13.2 Å². The second-order valence-corrected chi connectivity index (χ2v) is 5.51. The number of aromatic nitrogens is 2. The molecule has 0 saturated carbocycles. The number of carbonyl (C=O) groups excluding carboxylic acids is 1. The van der Waals surface area contributed by atoms with Gasteiger partial charge in [0.05, 0.1) is 28.0 Å². The van der Waals surface area contributed by atoms with E-state index in [2.05, 4.69) is 5.10 Å². The Balaban J connectivity index is 2.36. The van der Waals surface area contributed by atoms with Gasteiger partial charge in [-0.25, -0.2) is 13.9 Å². The Morgan fingerprint density at radius 2 is 2.04 bits per heavy atom. The number of hydrogen-bond donors (Lipinski definition) is 0. The lowest BCUT2D eigenvalue weighted by Crippen LogP contribution is -2.15. The Bertz CT molecular complexity index is 747. The lowest BCUT2D eigenvalue weighted by atomic mass is 10.2. The molecule has 1 heterocycles. The van der Waals surface area contributed by atoms with Gasteiger partial charge in [0, 0.05) is 6.07 Å². The quantitative estimate of drug-likeness (QED) is 0.759. The van der Waals surface area contributed by atoms with E-state index in [1.54, 1.807) is 20.8 Å². The third-order valence-electron chi connectivity index (χ3n) is 3.08. The number of benzene rings is 1. The molecule has 0 saturated heterocycles. The predicted molar refractivity (Wildman–Crippen MR) is 85.1 cm³/mol. The standard InChI is InChI=1S/C15H15Cl2FN2O3/c1-4-22-14(21)7-23-13-6-12(11(18)5-10(13)16)20-9(3)15(17)8(2)19-20/h5-6H,4,7H2,1-3H3. The van der Waals surface area contributed by atoms with E-state index in [0.717, 1.165) is 6.07 Å². The Labute approximate surface area is 142 Å². The Morgan fingerprint density at radius 3 is 2.61 bits per heavy atom. The first-order chi connectivity index (χ1) is 10.8. The summed E-state index contributed by atoms with van der Waals surface area (Å²) in [5.74, 6) is -0.968. The molecule has 8 heteroatoms. The molecule has 2 aromatic rings. The zero-order valence-corrected chi connectivity index (χ0v) is 14.3. The predicted octanol–water partition coefficient (Wildman–Crippen LogP) is 3.88. The molecule has 0 unspecified atom stereocenters. The summed E-state index contributed by atoms with van der Waals surface area (Å²) in [5.41, 5.74) is 1.29. The van der Waals surface area contributed by atoms with Crippen LogP contribution >= 0.6 is 23.2 Å². The van der Waals surface area contributed by atoms with Crippen molar-refractivity contribution in [3.8, 4) is 11.4 Å². The van der Waals surface area contributed by atoms with E-state index in [-0.39, 0.29) is 29.7 Å². The van der Waals surface area contributed by atoms with Gasteiger partial charge in [-0.15, -0.1) is 0 Å². The number of carbonyl (C=O) groups is 1. The number of halogens is 3. The smallest absolute Gasteiger partial charge is 0.344 e. The molecule has 0 bridgehead atoms. The second-order valence-electron chi connectivity index (χ2n) is 4.72. The molecule has 0 radical (unpaired) electrons. The van der Waals surface area contributed by atoms with Gasteiger partial charge in [-0.2, -0.15) is 5.10 Å². The summed E-state index contributed by atoms with van der Waals surface area (Å²) in [6.07, 6.45) is 0. The van der Waals surface area contributed by atoms with E-state index in [4.69, 9.17) is 32.7 Å². The van der Waals surface area contributed by atoms with Crippen LogP contribution in [-0.4, -0.2) is 29.0 Å². The molecule has 1 aromatic heterocycles. The Kier molecular flexibility index (Phi) is 5.49. The fourth-order valence-electron chi connectivity index (χ4n) is 1.99. The monoisotopic (exact) mass is 360 g/mol. The Morgan fingerprint density at radius 1 is 1.35 bits per heavy atom. The highest BCUT2D eigenvalue weighted by Gasteiger charge is 2.17. The van der Waals surface area contributed by atoms with Crippen molar-refractivity contribution in [3.63, 3.8) is 0 Å². The fraction of sp³-hybridized carbons (Fsp3) is 0.333. The van der Waals surface area contributed by atoms with Crippen molar-refractivity contribution in [1.82, 2.24) is 9.78 Å². The van der Waals surface area contributed by atoms with Crippen LogP contribution in [0.5, 0.6) is 5.75 Å². The molecule has 124 valence electrons. The van der Waals surface area contributed by atoms with Crippen molar-refractivity contribution in [2.24, 2.45) is 0 Å². The van der Waals surface area contributed by atoms with E-state index >= 15 is 0 Å². The summed E-state index contributed by atoms with van der Waals surface area (Å²) in [6, 6.07) is 2.47. The zero-order valence-electron chi connectivity index (χ0n) is 12.8. The van der Waals surface area contributed by atoms with Gasteiger partial charge in [0.25, 0.3) is 0 Å². The van der Waals surface area contributed by atoms with E-state index in [1.165, 1.54) is 10.7 Å². The van der Waals surface area contributed by atoms with Crippen molar-refractivity contribution in [3.05, 3.63) is 39.4 Å². The summed E-state index contributed by atoms with van der Waals surface area (Å²) in [4.78, 5) is 11.4. The van der Waals surface area contributed by atoms with Gasteiger partial charge in [0.15, 0.2) is 12.4 Å². The first-order valence-electron chi connectivity index (χ1n) is 6.84. The largest absolute Gasteiger partial charge is 0.480 e. The summed E-state index contributed by atoms with van der Waals surface area (Å²) >= 11 is 12.0. The molecule has 23 heavy (non-hydrogen) atoms. The minimum absolute atomic E-state index is 0.0446. The molecule has 0 amide bonds. The molecule has 0 aliphatic rings. The van der Waals surface area contributed by atoms with Crippen molar-refractivity contribution in [2.45, 2.75) is 20.8 Å². The van der Waals surface area contributed by atoms with Crippen LogP contribution in [0.2, 0.25) is 10.0 Å². The van der Waals surface area contributed by atoms with Crippen molar-refractivity contribution in [1.29, 1.82) is 0 Å². The fourth-order valence-corrected chi connectivity index (χ4v) is 2.31. The maximum absolute atomic E-state index is 14.2. The van der Waals surface area contributed by atoms with E-state index < -0.39 is 11.8 Å². The van der Waals surface area contributed by atoms with Gasteiger partial charge >= 0.3 is 5.97 Å². The normalized spacial score (nSPS) is 10.7. The van der Waals surface area contributed by atoms with Crippen molar-refractivity contribution < 1.29 is 18.7 Å². The van der Waals surface area contributed by atoms with Crippen LogP contribution in [0.4, 0.5) is 4.39 Å². The molecule has 1 aromatic carbocycles. The molecule has 0 aliphatic carbocycles. The van der Waals surface area contributed by atoms with Crippen molar-refractivity contribution >= 4 is 29.2 Å². The minimum atomic E-state index is -0.583. The highest BCUT2D eigenvalue weighted by Crippen LogP contribution is 2.31. The van der Waals surface area contributed by atoms with Gasteiger partial charge in [0.1, 0.15) is 11.4 Å². The highest BCUT2D eigenvalue weighted by molar-refractivity contribution is 6.32. The van der Waals surface area contributed by atoms with E-state index in [1.807, 2.05) is 0 Å². The summed E-state index contributed by atoms with van der Waals surface area (Å²) in [7, 11) is 0. The van der Waals surface area contributed by atoms with Crippen LogP contribution in [0.1, 0.15) is 18.3 Å². The maximum atomic E-state index is 14.2. The lowest BCUT2D eigenvalue weighted by molar-refractivity contribution is -0.145. The Hall–Kier alpha value is -1.79. The number of rotatable bonds is 5. The minimum Gasteiger partial charge on any atom is -0.480 e.